The van der Waals surface area contributed by atoms with E-state index in [1.165, 1.54) is 57.0 Å². The van der Waals surface area contributed by atoms with Gasteiger partial charge in [-0.3, -0.25) is 9.36 Å². The van der Waals surface area contributed by atoms with Gasteiger partial charge in [0.2, 0.25) is 10.0 Å². The Morgan fingerprint density at radius 2 is 1.67 bits per heavy atom. The number of carbonyl (C=O) groups is 1. The first-order valence-electron chi connectivity index (χ1n) is 12.9. The van der Waals surface area contributed by atoms with Gasteiger partial charge in [-0.25, -0.2) is 8.42 Å². The van der Waals surface area contributed by atoms with Crippen molar-refractivity contribution in [3.63, 3.8) is 0 Å². The quantitative estimate of drug-likeness (QED) is 0.216. The third-order valence-corrected chi connectivity index (χ3v) is 10.1. The largest absolute Gasteiger partial charge is 0.416 e. The number of alkyl halides is 3. The molecule has 5 rings (SSSR count). The molecule has 14 heteroatoms. The van der Waals surface area contributed by atoms with Crippen molar-refractivity contribution in [2.45, 2.75) is 41.4 Å². The van der Waals surface area contributed by atoms with Crippen LogP contribution in [0.5, 0.6) is 0 Å². The Morgan fingerprint density at radius 3 is 2.33 bits per heavy atom. The van der Waals surface area contributed by atoms with Crippen LogP contribution in [-0.4, -0.2) is 46.5 Å². The minimum Gasteiger partial charge on any atom is -0.345 e. The fourth-order valence-corrected chi connectivity index (χ4v) is 7.14. The van der Waals surface area contributed by atoms with Crippen LogP contribution in [0.1, 0.15) is 40.2 Å². The summed E-state index contributed by atoms with van der Waals surface area (Å²) < 4.78 is 69.9. The zero-order valence-corrected chi connectivity index (χ0v) is 25.2. The van der Waals surface area contributed by atoms with Gasteiger partial charge in [0.25, 0.3) is 5.91 Å². The summed E-state index contributed by atoms with van der Waals surface area (Å²) in [6.07, 6.45) is -2.91. The Kier molecular flexibility index (Phi) is 9.06. The van der Waals surface area contributed by atoms with Gasteiger partial charge in [-0.1, -0.05) is 45.9 Å². The maximum absolute atomic E-state index is 13.5. The van der Waals surface area contributed by atoms with E-state index in [1.54, 1.807) is 0 Å². The summed E-state index contributed by atoms with van der Waals surface area (Å²) in [7, 11) is -3.62. The molecule has 4 aromatic rings. The Hall–Kier alpha value is -3.20. The Morgan fingerprint density at radius 1 is 0.976 bits per heavy atom. The van der Waals surface area contributed by atoms with Crippen LogP contribution in [0.2, 0.25) is 0 Å². The molecule has 1 fully saturated rings. The van der Waals surface area contributed by atoms with Crippen molar-refractivity contribution < 1.29 is 26.4 Å². The van der Waals surface area contributed by atoms with Gasteiger partial charge in [-0.05, 0) is 73.0 Å². The monoisotopic (exact) mass is 679 g/mol. The number of amides is 1. The molecular formula is C28H25BrF3N5O3S2. The second-order valence-electron chi connectivity index (χ2n) is 9.52. The van der Waals surface area contributed by atoms with Crippen LogP contribution in [0.3, 0.4) is 0 Å². The lowest BCUT2D eigenvalue weighted by Gasteiger charge is -2.15. The number of hydrogen-bond donors (Lipinski definition) is 1. The molecule has 8 nitrogen and oxygen atoms in total. The lowest BCUT2D eigenvalue weighted by Crippen LogP contribution is -2.28. The van der Waals surface area contributed by atoms with Gasteiger partial charge < -0.3 is 5.32 Å². The second-order valence-corrected chi connectivity index (χ2v) is 13.3. The Labute approximate surface area is 253 Å². The number of nitrogens with zero attached hydrogens (tertiary/aromatic N) is 4. The summed E-state index contributed by atoms with van der Waals surface area (Å²) in [5.74, 6) is 0.223. The fraction of sp³-hybridized carbons (Fsp3) is 0.250. The van der Waals surface area contributed by atoms with Crippen LogP contribution in [0.4, 0.5) is 13.2 Å². The number of hydrogen-bond acceptors (Lipinski definition) is 6. The molecule has 1 amide bonds. The second kappa shape index (κ2) is 12.6. The van der Waals surface area contributed by atoms with Gasteiger partial charge >= 0.3 is 6.18 Å². The molecule has 2 heterocycles. The van der Waals surface area contributed by atoms with Crippen molar-refractivity contribution in [3.05, 3.63) is 99.8 Å². The smallest absolute Gasteiger partial charge is 0.345 e. The van der Waals surface area contributed by atoms with Gasteiger partial charge in [0.1, 0.15) is 0 Å². The molecule has 220 valence electrons. The molecule has 42 heavy (non-hydrogen) atoms. The van der Waals surface area contributed by atoms with E-state index < -0.39 is 27.7 Å². The first-order valence-corrected chi connectivity index (χ1v) is 16.1. The summed E-state index contributed by atoms with van der Waals surface area (Å²) in [6, 6.07) is 18.1. The third kappa shape index (κ3) is 6.88. The number of benzene rings is 3. The lowest BCUT2D eigenvalue weighted by atomic mass is 10.2. The minimum atomic E-state index is -4.54. The molecule has 1 aliphatic heterocycles. The van der Waals surface area contributed by atoms with E-state index >= 15 is 0 Å². The summed E-state index contributed by atoms with van der Waals surface area (Å²) >= 11 is 4.69. The van der Waals surface area contributed by atoms with Crippen LogP contribution < -0.4 is 5.32 Å². The fourth-order valence-electron chi connectivity index (χ4n) is 4.43. The van der Waals surface area contributed by atoms with Crippen molar-refractivity contribution in [2.24, 2.45) is 0 Å². The SMILES string of the molecule is O=C(NCc1nnc(SCc2ccc(Br)cc2)n1-c1cccc(C(F)(F)F)c1)c1ccc(S(=O)(=O)N2CCCC2)cc1. The molecule has 0 spiro atoms. The average molecular weight is 681 g/mol. The third-order valence-electron chi connectivity index (χ3n) is 6.64. The molecule has 1 aliphatic rings. The predicted molar refractivity (Wildman–Crippen MR) is 156 cm³/mol. The predicted octanol–water partition coefficient (Wildman–Crippen LogP) is 6.06. The number of carbonyl (C=O) groups excluding carboxylic acids is 1. The van der Waals surface area contributed by atoms with Crippen LogP contribution in [0, 0.1) is 0 Å². The average Bonchev–Trinajstić information content (AvgIpc) is 3.66. The molecule has 0 radical (unpaired) electrons. The highest BCUT2D eigenvalue weighted by Gasteiger charge is 2.31. The number of halogens is 4. The first kappa shape index (κ1) is 30.3. The molecule has 1 N–H and O–H groups in total. The lowest BCUT2D eigenvalue weighted by molar-refractivity contribution is -0.137. The van der Waals surface area contributed by atoms with Gasteiger partial charge in [0.15, 0.2) is 11.0 Å². The molecule has 0 atom stereocenters. The summed E-state index contributed by atoms with van der Waals surface area (Å²) in [5, 5.41) is 11.5. The number of thioether (sulfide) groups is 1. The molecule has 3 aromatic carbocycles. The van der Waals surface area contributed by atoms with E-state index in [9.17, 15) is 26.4 Å². The zero-order chi connectivity index (χ0) is 29.9. The van der Waals surface area contributed by atoms with E-state index in [1.807, 2.05) is 24.3 Å². The summed E-state index contributed by atoms with van der Waals surface area (Å²) in [4.78, 5) is 13.0. The minimum absolute atomic E-state index is 0.109. The van der Waals surface area contributed by atoms with Crippen molar-refractivity contribution in [1.29, 1.82) is 0 Å². The van der Waals surface area contributed by atoms with Crippen LogP contribution in [-0.2, 0) is 28.5 Å². The van der Waals surface area contributed by atoms with E-state index in [0.717, 1.165) is 35.0 Å². The zero-order valence-electron chi connectivity index (χ0n) is 22.0. The Bertz CT molecular complexity index is 1670. The van der Waals surface area contributed by atoms with E-state index in [2.05, 4.69) is 31.4 Å². The highest BCUT2D eigenvalue weighted by atomic mass is 79.9. The van der Waals surface area contributed by atoms with Crippen molar-refractivity contribution in [3.8, 4) is 5.69 Å². The normalized spacial score (nSPS) is 14.3. The van der Waals surface area contributed by atoms with Crippen LogP contribution in [0.25, 0.3) is 5.69 Å². The van der Waals surface area contributed by atoms with Crippen LogP contribution >= 0.6 is 27.7 Å². The Balaban J connectivity index is 1.36. The molecule has 0 unspecified atom stereocenters. The van der Waals surface area contributed by atoms with Crippen molar-refractivity contribution >= 4 is 43.6 Å². The molecular weight excluding hydrogens is 655 g/mol. The molecule has 0 aliphatic carbocycles. The molecule has 0 bridgehead atoms. The van der Waals surface area contributed by atoms with Gasteiger partial charge in [-0.2, -0.15) is 17.5 Å². The van der Waals surface area contributed by atoms with Gasteiger partial charge in [0, 0.05) is 28.9 Å². The molecule has 0 saturated carbocycles. The number of nitrogens with one attached hydrogen (secondary N) is 1. The maximum atomic E-state index is 13.5. The van der Waals surface area contributed by atoms with E-state index in [4.69, 9.17) is 0 Å². The molecule has 1 saturated heterocycles. The highest BCUT2D eigenvalue weighted by Crippen LogP contribution is 2.32. The topological polar surface area (TPSA) is 97.2 Å². The standard InChI is InChI=1S/C28H25BrF3N5O3S2/c29-22-10-6-19(7-11-22)18-41-27-35-34-25(37(27)23-5-3-4-21(16-23)28(30,31)32)17-33-26(38)20-8-12-24(13-9-20)42(39,40)36-14-1-2-15-36/h3-13,16H,1-2,14-15,17-18H2,(H,33,38). The van der Waals surface area contributed by atoms with Crippen molar-refractivity contribution in [1.82, 2.24) is 24.4 Å². The van der Waals surface area contributed by atoms with Gasteiger partial charge in [0.05, 0.1) is 22.7 Å². The van der Waals surface area contributed by atoms with Crippen LogP contribution in [0.15, 0.2) is 87.3 Å². The number of aromatic nitrogens is 3. The van der Waals surface area contributed by atoms with Gasteiger partial charge in [-0.15, -0.1) is 10.2 Å². The van der Waals surface area contributed by atoms with E-state index in [-0.39, 0.29) is 28.5 Å². The summed E-state index contributed by atoms with van der Waals surface area (Å²) in [6.45, 7) is 0.815. The number of sulfonamides is 1. The molecule has 1 aromatic heterocycles. The summed E-state index contributed by atoms with van der Waals surface area (Å²) in [5.41, 5.74) is 0.586. The number of rotatable bonds is 9. The highest BCUT2D eigenvalue weighted by molar-refractivity contribution is 9.10. The van der Waals surface area contributed by atoms with Crippen molar-refractivity contribution in [2.75, 3.05) is 13.1 Å². The van der Waals surface area contributed by atoms with E-state index in [0.29, 0.717) is 24.0 Å². The maximum Gasteiger partial charge on any atom is 0.416 e. The first-order chi connectivity index (χ1) is 20.0.